The van der Waals surface area contributed by atoms with Crippen molar-refractivity contribution in [3.63, 3.8) is 0 Å². The van der Waals surface area contributed by atoms with Crippen LogP contribution < -0.4 is 5.32 Å². The quantitative estimate of drug-likeness (QED) is 0.837. The van der Waals surface area contributed by atoms with E-state index in [-0.39, 0.29) is 6.03 Å². The van der Waals surface area contributed by atoms with E-state index in [9.17, 15) is 4.79 Å². The number of urea groups is 1. The number of nitrogens with one attached hydrogen (secondary N) is 1. The second kappa shape index (κ2) is 5.19. The smallest absolute Gasteiger partial charge is 0.321 e. The topological polar surface area (TPSA) is 32.3 Å². The first-order chi connectivity index (χ1) is 6.63. The van der Waals surface area contributed by atoms with Crippen molar-refractivity contribution in [2.24, 2.45) is 0 Å². The molecule has 1 N–H and O–H groups in total. The van der Waals surface area contributed by atoms with Crippen molar-refractivity contribution in [3.05, 3.63) is 27.8 Å². The largest absolute Gasteiger partial charge is 0.328 e. The van der Waals surface area contributed by atoms with Crippen LogP contribution in [0, 0.1) is 3.57 Å². The van der Waals surface area contributed by atoms with E-state index in [0.717, 1.165) is 9.26 Å². The van der Waals surface area contributed by atoms with Crippen LogP contribution in [-0.4, -0.2) is 24.5 Å². The fourth-order valence-electron chi connectivity index (χ4n) is 0.896. The fourth-order valence-corrected chi connectivity index (χ4v) is 1.26. The van der Waals surface area contributed by atoms with Crippen LogP contribution in [0.3, 0.4) is 0 Å². The molecular formula is C10H13IN2O. The zero-order chi connectivity index (χ0) is 10.6. The number of hydrogen-bond acceptors (Lipinski definition) is 1. The van der Waals surface area contributed by atoms with Gasteiger partial charge in [0.15, 0.2) is 0 Å². The van der Waals surface area contributed by atoms with Gasteiger partial charge in [-0.3, -0.25) is 0 Å². The molecule has 0 fully saturated rings. The Morgan fingerprint density at radius 2 is 2.00 bits per heavy atom. The maximum Gasteiger partial charge on any atom is 0.321 e. The molecule has 0 aliphatic carbocycles. The highest BCUT2D eigenvalue weighted by Crippen LogP contribution is 2.11. The molecule has 0 saturated carbocycles. The highest BCUT2D eigenvalue weighted by atomic mass is 127. The lowest BCUT2D eigenvalue weighted by atomic mass is 10.3. The minimum atomic E-state index is -0.0753. The Kier molecular flexibility index (Phi) is 4.19. The number of hydrogen-bond donors (Lipinski definition) is 1. The van der Waals surface area contributed by atoms with E-state index < -0.39 is 0 Å². The zero-order valence-corrected chi connectivity index (χ0v) is 10.4. The summed E-state index contributed by atoms with van der Waals surface area (Å²) in [6.45, 7) is 2.64. The first-order valence-electron chi connectivity index (χ1n) is 4.41. The number of benzene rings is 1. The second-order valence-corrected chi connectivity index (χ2v) is 4.20. The lowest BCUT2D eigenvalue weighted by molar-refractivity contribution is 0.224. The first-order valence-corrected chi connectivity index (χ1v) is 5.49. The van der Waals surface area contributed by atoms with Gasteiger partial charge in [-0.15, -0.1) is 0 Å². The van der Waals surface area contributed by atoms with E-state index in [1.54, 1.807) is 11.9 Å². The molecule has 4 heteroatoms. The minimum absolute atomic E-state index is 0.0753. The Morgan fingerprint density at radius 3 is 2.50 bits per heavy atom. The van der Waals surface area contributed by atoms with Gasteiger partial charge in [0.25, 0.3) is 0 Å². The number of nitrogens with zero attached hydrogens (tertiary/aromatic N) is 1. The summed E-state index contributed by atoms with van der Waals surface area (Å²) in [5.74, 6) is 0. The van der Waals surface area contributed by atoms with Crippen molar-refractivity contribution in [2.75, 3.05) is 18.9 Å². The molecule has 1 aromatic rings. The van der Waals surface area contributed by atoms with Crippen LogP contribution in [0.25, 0.3) is 0 Å². The normalized spacial score (nSPS) is 9.64. The molecule has 14 heavy (non-hydrogen) atoms. The second-order valence-electron chi connectivity index (χ2n) is 2.95. The van der Waals surface area contributed by atoms with Crippen molar-refractivity contribution < 1.29 is 4.79 Å². The molecule has 0 aliphatic heterocycles. The van der Waals surface area contributed by atoms with Gasteiger partial charge in [0.05, 0.1) is 0 Å². The summed E-state index contributed by atoms with van der Waals surface area (Å²) in [5.41, 5.74) is 0.829. The average molecular weight is 304 g/mol. The first kappa shape index (κ1) is 11.3. The third-order valence-electron chi connectivity index (χ3n) is 1.92. The van der Waals surface area contributed by atoms with Gasteiger partial charge in [-0.25, -0.2) is 4.79 Å². The Morgan fingerprint density at radius 1 is 1.43 bits per heavy atom. The van der Waals surface area contributed by atoms with Crippen molar-refractivity contribution in [3.8, 4) is 0 Å². The Bertz CT molecular complexity index is 310. The average Bonchev–Trinajstić information content (AvgIpc) is 2.20. The number of carbonyl (C=O) groups excluding carboxylic acids is 1. The van der Waals surface area contributed by atoms with E-state index in [1.165, 1.54) is 0 Å². The maximum atomic E-state index is 11.4. The Labute approximate surface area is 97.6 Å². The Hall–Kier alpha value is -0.780. The monoisotopic (exact) mass is 304 g/mol. The highest BCUT2D eigenvalue weighted by molar-refractivity contribution is 14.1. The van der Waals surface area contributed by atoms with Gasteiger partial charge in [-0.05, 0) is 53.8 Å². The summed E-state index contributed by atoms with van der Waals surface area (Å²) in [6.07, 6.45) is 0. The molecule has 0 atom stereocenters. The molecule has 1 aromatic carbocycles. The molecule has 0 unspecified atom stereocenters. The predicted molar refractivity (Wildman–Crippen MR) is 66.5 cm³/mol. The SMILES string of the molecule is CCN(C)C(=O)Nc1ccc(I)cc1. The van der Waals surface area contributed by atoms with Gasteiger partial charge < -0.3 is 10.2 Å². The van der Waals surface area contributed by atoms with Crippen molar-refractivity contribution in [2.45, 2.75) is 6.92 Å². The molecule has 2 amide bonds. The number of anilines is 1. The molecule has 0 aliphatic rings. The highest BCUT2D eigenvalue weighted by Gasteiger charge is 2.05. The standard InChI is InChI=1S/C10H13IN2O/c1-3-13(2)10(14)12-9-6-4-8(11)5-7-9/h4-7H,3H2,1-2H3,(H,12,14). The van der Waals surface area contributed by atoms with Gasteiger partial charge >= 0.3 is 6.03 Å². The molecule has 0 radical (unpaired) electrons. The van der Waals surface area contributed by atoms with Crippen molar-refractivity contribution in [1.82, 2.24) is 4.90 Å². The van der Waals surface area contributed by atoms with Crippen LogP contribution in [0.15, 0.2) is 24.3 Å². The van der Waals surface area contributed by atoms with Crippen LogP contribution in [-0.2, 0) is 0 Å². The van der Waals surface area contributed by atoms with E-state index in [0.29, 0.717) is 6.54 Å². The molecule has 1 rings (SSSR count). The van der Waals surface area contributed by atoms with E-state index in [4.69, 9.17) is 0 Å². The molecular weight excluding hydrogens is 291 g/mol. The number of halogens is 1. The van der Waals surface area contributed by atoms with E-state index in [2.05, 4.69) is 27.9 Å². The predicted octanol–water partition coefficient (Wildman–Crippen LogP) is 2.77. The summed E-state index contributed by atoms with van der Waals surface area (Å²) in [7, 11) is 1.77. The van der Waals surface area contributed by atoms with Gasteiger partial charge in [0.2, 0.25) is 0 Å². The number of carbonyl (C=O) groups is 1. The van der Waals surface area contributed by atoms with E-state index in [1.807, 2.05) is 31.2 Å². The number of rotatable bonds is 2. The van der Waals surface area contributed by atoms with Crippen LogP contribution in [0.5, 0.6) is 0 Å². The number of amides is 2. The van der Waals surface area contributed by atoms with Gasteiger partial charge in [-0.2, -0.15) is 0 Å². The van der Waals surface area contributed by atoms with Crippen LogP contribution in [0.2, 0.25) is 0 Å². The summed E-state index contributed by atoms with van der Waals surface area (Å²) in [6, 6.07) is 7.63. The summed E-state index contributed by atoms with van der Waals surface area (Å²) >= 11 is 2.23. The third-order valence-corrected chi connectivity index (χ3v) is 2.64. The summed E-state index contributed by atoms with van der Waals surface area (Å²) in [4.78, 5) is 13.1. The van der Waals surface area contributed by atoms with Gasteiger partial charge in [0, 0.05) is 22.8 Å². The van der Waals surface area contributed by atoms with Crippen molar-refractivity contribution >= 4 is 34.3 Å². The summed E-state index contributed by atoms with van der Waals surface area (Å²) < 4.78 is 1.16. The van der Waals surface area contributed by atoms with Crippen LogP contribution >= 0.6 is 22.6 Å². The Balaban J connectivity index is 2.60. The van der Waals surface area contributed by atoms with Crippen LogP contribution in [0.4, 0.5) is 10.5 Å². The van der Waals surface area contributed by atoms with E-state index >= 15 is 0 Å². The molecule has 0 heterocycles. The molecule has 76 valence electrons. The van der Waals surface area contributed by atoms with Crippen molar-refractivity contribution in [1.29, 1.82) is 0 Å². The molecule has 0 spiro atoms. The molecule has 3 nitrogen and oxygen atoms in total. The summed E-state index contributed by atoms with van der Waals surface area (Å²) in [5, 5.41) is 2.80. The maximum absolute atomic E-state index is 11.4. The zero-order valence-electron chi connectivity index (χ0n) is 8.25. The lowest BCUT2D eigenvalue weighted by Crippen LogP contribution is -2.30. The van der Waals surface area contributed by atoms with Crippen LogP contribution in [0.1, 0.15) is 6.92 Å². The van der Waals surface area contributed by atoms with Gasteiger partial charge in [0.1, 0.15) is 0 Å². The third kappa shape index (κ3) is 3.17. The minimum Gasteiger partial charge on any atom is -0.328 e. The molecule has 0 aromatic heterocycles. The molecule has 0 bridgehead atoms. The van der Waals surface area contributed by atoms with Gasteiger partial charge in [-0.1, -0.05) is 0 Å². The lowest BCUT2D eigenvalue weighted by Gasteiger charge is -2.15. The fraction of sp³-hybridized carbons (Fsp3) is 0.300. The molecule has 0 saturated heterocycles.